The maximum atomic E-state index is 13.4. The van der Waals surface area contributed by atoms with Crippen LogP contribution in [0.1, 0.15) is 85.6 Å². The molecule has 2 fully saturated rings. The molecule has 1 aliphatic heterocycles. The predicted molar refractivity (Wildman–Crippen MR) is 160 cm³/mol. The first-order valence-electron chi connectivity index (χ1n) is 14.9. The van der Waals surface area contributed by atoms with Crippen molar-refractivity contribution in [2.75, 3.05) is 18.8 Å². The van der Waals surface area contributed by atoms with E-state index in [1.54, 1.807) is 20.8 Å². The number of fused-ring (bicyclic) bond motifs is 1. The lowest BCUT2D eigenvalue weighted by Crippen LogP contribution is -2.60. The smallest absolute Gasteiger partial charge is 0.237 e. The number of hydrogen-bond donors (Lipinski definition) is 3. The molecule has 0 bridgehead atoms. The zero-order chi connectivity index (χ0) is 29.7. The zero-order valence-electron chi connectivity index (χ0n) is 25.3. The van der Waals surface area contributed by atoms with E-state index in [-0.39, 0.29) is 36.2 Å². The van der Waals surface area contributed by atoms with Gasteiger partial charge < -0.3 is 15.7 Å². The number of amides is 2. The van der Waals surface area contributed by atoms with E-state index < -0.39 is 32.6 Å². The molecule has 3 rings (SSSR count). The molecule has 1 saturated carbocycles. The fourth-order valence-corrected chi connectivity index (χ4v) is 7.42. The van der Waals surface area contributed by atoms with Crippen LogP contribution < -0.4 is 10.6 Å². The normalized spacial score (nSPS) is 24.0. The monoisotopic (exact) mass is 577 g/mol. The van der Waals surface area contributed by atoms with Gasteiger partial charge in [-0.25, -0.2) is 8.42 Å². The molecule has 3 N–H and O–H groups in total. The third-order valence-electron chi connectivity index (χ3n) is 8.64. The second-order valence-electron chi connectivity index (χ2n) is 13.5. The van der Waals surface area contributed by atoms with Crippen LogP contribution in [0.3, 0.4) is 0 Å². The summed E-state index contributed by atoms with van der Waals surface area (Å²) in [7, 11) is -3.45. The molecule has 1 aromatic carbocycles. The van der Waals surface area contributed by atoms with Gasteiger partial charge in [0.15, 0.2) is 9.84 Å². The first kappa shape index (κ1) is 32.5. The number of benzene rings is 1. The van der Waals surface area contributed by atoms with Crippen molar-refractivity contribution in [2.45, 2.75) is 115 Å². The van der Waals surface area contributed by atoms with E-state index in [2.05, 4.69) is 15.5 Å². The molecule has 0 aromatic heterocycles. The number of aliphatic hydroxyl groups excluding tert-OH is 1. The number of aliphatic hydroxyl groups is 1. The van der Waals surface area contributed by atoms with Gasteiger partial charge in [-0.1, -0.05) is 56.5 Å². The van der Waals surface area contributed by atoms with E-state index in [4.69, 9.17) is 0 Å². The van der Waals surface area contributed by atoms with Crippen LogP contribution in [0, 0.1) is 11.8 Å². The molecule has 9 heteroatoms. The number of nitrogens with one attached hydrogen (secondary N) is 2. The second kappa shape index (κ2) is 13.3. The van der Waals surface area contributed by atoms with Crippen molar-refractivity contribution in [3.05, 3.63) is 35.9 Å². The van der Waals surface area contributed by atoms with Crippen molar-refractivity contribution in [1.82, 2.24) is 15.5 Å². The molecule has 2 amide bonds. The van der Waals surface area contributed by atoms with Gasteiger partial charge in [0.1, 0.15) is 0 Å². The molecule has 8 nitrogen and oxygen atoms in total. The summed E-state index contributed by atoms with van der Waals surface area (Å²) in [6.07, 6.45) is 4.71. The standard InChI is InChI=1S/C31H51N3O5S/c1-7-40(38,39)31(5,6)19-28(36)32-25(17-22-13-9-8-10-14-22)27(35)21-34-20-24-16-12-11-15-23(24)18-26(34)29(37)33-30(2,3)4/h8-10,13-14,23-27,35H,7,11-12,15-21H2,1-6H3,(H,32,36)(H,33,37). The highest BCUT2D eigenvalue weighted by Gasteiger charge is 2.42. The predicted octanol–water partition coefficient (Wildman–Crippen LogP) is 3.47. The van der Waals surface area contributed by atoms with Gasteiger partial charge in [-0.3, -0.25) is 14.5 Å². The van der Waals surface area contributed by atoms with Crippen molar-refractivity contribution < 1.29 is 23.1 Å². The highest BCUT2D eigenvalue weighted by Crippen LogP contribution is 2.39. The Bertz CT molecular complexity index is 1100. The highest BCUT2D eigenvalue weighted by molar-refractivity contribution is 7.92. The molecule has 40 heavy (non-hydrogen) atoms. The van der Waals surface area contributed by atoms with Crippen molar-refractivity contribution >= 4 is 21.7 Å². The fourth-order valence-electron chi connectivity index (χ4n) is 6.29. The van der Waals surface area contributed by atoms with Crippen LogP contribution in [-0.2, 0) is 25.8 Å². The Balaban J connectivity index is 1.81. The minimum atomic E-state index is -3.45. The van der Waals surface area contributed by atoms with Gasteiger partial charge in [-0.2, -0.15) is 0 Å². The molecule has 5 atom stereocenters. The molecular formula is C31H51N3O5S. The van der Waals surface area contributed by atoms with E-state index in [0.717, 1.165) is 31.4 Å². The Labute approximate surface area is 241 Å². The van der Waals surface area contributed by atoms with Gasteiger partial charge in [0.05, 0.1) is 22.9 Å². The van der Waals surface area contributed by atoms with Crippen molar-refractivity contribution in [2.24, 2.45) is 11.8 Å². The number of nitrogens with zero attached hydrogens (tertiary/aromatic N) is 1. The molecule has 226 valence electrons. The summed E-state index contributed by atoms with van der Waals surface area (Å²) >= 11 is 0. The van der Waals surface area contributed by atoms with Gasteiger partial charge >= 0.3 is 0 Å². The van der Waals surface area contributed by atoms with Crippen molar-refractivity contribution in [3.8, 4) is 0 Å². The highest BCUT2D eigenvalue weighted by atomic mass is 32.2. The maximum absolute atomic E-state index is 13.4. The Hall–Kier alpha value is -1.97. The molecule has 1 aliphatic carbocycles. The average molecular weight is 578 g/mol. The second-order valence-corrected chi connectivity index (χ2v) is 16.4. The number of hydrogen-bond acceptors (Lipinski definition) is 6. The molecule has 2 aliphatic rings. The van der Waals surface area contributed by atoms with E-state index in [1.165, 1.54) is 12.8 Å². The number of piperidine rings is 1. The van der Waals surface area contributed by atoms with Crippen LogP contribution in [0.4, 0.5) is 0 Å². The third-order valence-corrected chi connectivity index (χ3v) is 11.2. The van der Waals surface area contributed by atoms with Crippen LogP contribution in [0.25, 0.3) is 0 Å². The Morgan fingerprint density at radius 1 is 1.05 bits per heavy atom. The summed E-state index contributed by atoms with van der Waals surface area (Å²) in [5.74, 6) is 0.551. The van der Waals surface area contributed by atoms with Gasteiger partial charge in [-0.05, 0) is 71.3 Å². The first-order valence-corrected chi connectivity index (χ1v) is 16.6. The van der Waals surface area contributed by atoms with E-state index in [1.807, 2.05) is 51.1 Å². The van der Waals surface area contributed by atoms with Crippen molar-refractivity contribution in [1.29, 1.82) is 0 Å². The lowest BCUT2D eigenvalue weighted by molar-refractivity contribution is -0.133. The summed E-state index contributed by atoms with van der Waals surface area (Å²) in [4.78, 5) is 28.7. The number of carbonyl (C=O) groups excluding carboxylic acids is 2. The van der Waals surface area contributed by atoms with Gasteiger partial charge in [0.2, 0.25) is 11.8 Å². The Morgan fingerprint density at radius 2 is 1.68 bits per heavy atom. The number of β-amino-alcohol motifs (C(OH)–C–C–N with tert-alkyl or cyclic N) is 1. The fraction of sp³-hybridized carbons (Fsp3) is 0.742. The van der Waals surface area contributed by atoms with Gasteiger partial charge in [0, 0.05) is 30.8 Å². The lowest BCUT2D eigenvalue weighted by atomic mass is 9.72. The average Bonchev–Trinajstić information content (AvgIpc) is 2.87. The summed E-state index contributed by atoms with van der Waals surface area (Å²) < 4.78 is 23.9. The van der Waals surface area contributed by atoms with E-state index in [0.29, 0.717) is 18.3 Å². The molecule has 5 unspecified atom stereocenters. The minimum Gasteiger partial charge on any atom is -0.390 e. The summed E-state index contributed by atoms with van der Waals surface area (Å²) in [6, 6.07) is 8.67. The summed E-state index contributed by atoms with van der Waals surface area (Å²) in [5, 5.41) is 17.7. The zero-order valence-corrected chi connectivity index (χ0v) is 26.1. The van der Waals surface area contributed by atoms with Crippen LogP contribution in [0.2, 0.25) is 0 Å². The van der Waals surface area contributed by atoms with Crippen LogP contribution >= 0.6 is 0 Å². The van der Waals surface area contributed by atoms with E-state index in [9.17, 15) is 23.1 Å². The molecule has 0 spiro atoms. The van der Waals surface area contributed by atoms with E-state index >= 15 is 0 Å². The molecule has 0 radical (unpaired) electrons. The first-order chi connectivity index (χ1) is 18.6. The topological polar surface area (TPSA) is 116 Å². The number of rotatable bonds is 11. The van der Waals surface area contributed by atoms with Gasteiger partial charge in [0.25, 0.3) is 0 Å². The number of sulfone groups is 1. The summed E-state index contributed by atoms with van der Waals surface area (Å²) in [5.41, 5.74) is 0.598. The SMILES string of the molecule is CCS(=O)(=O)C(C)(C)CC(=O)NC(Cc1ccccc1)C(O)CN1CC2CCCCC2CC1C(=O)NC(C)(C)C. The quantitative estimate of drug-likeness (QED) is 0.371. The maximum Gasteiger partial charge on any atom is 0.237 e. The molecule has 1 saturated heterocycles. The molecule has 1 heterocycles. The lowest BCUT2D eigenvalue weighted by Gasteiger charge is -2.47. The third kappa shape index (κ3) is 8.76. The minimum absolute atomic E-state index is 0.0149. The molecule has 1 aromatic rings. The summed E-state index contributed by atoms with van der Waals surface area (Å²) in [6.45, 7) is 11.6. The number of carbonyl (C=O) groups is 2. The van der Waals surface area contributed by atoms with Gasteiger partial charge in [-0.15, -0.1) is 0 Å². The van der Waals surface area contributed by atoms with Crippen LogP contribution in [0.5, 0.6) is 0 Å². The van der Waals surface area contributed by atoms with Crippen LogP contribution in [0.15, 0.2) is 30.3 Å². The molecular weight excluding hydrogens is 526 g/mol. The van der Waals surface area contributed by atoms with Crippen molar-refractivity contribution in [3.63, 3.8) is 0 Å². The Kier molecular flexibility index (Phi) is 10.9. The Morgan fingerprint density at radius 3 is 2.27 bits per heavy atom. The largest absolute Gasteiger partial charge is 0.390 e. The number of likely N-dealkylation sites (tertiary alicyclic amines) is 1. The van der Waals surface area contributed by atoms with Crippen LogP contribution in [-0.4, -0.2) is 77.6 Å².